The number of nitrogens with one attached hydrogen (secondary N) is 1. The van der Waals surface area contributed by atoms with Crippen LogP contribution in [0.1, 0.15) is 19.3 Å². The molecule has 1 fully saturated rings. The Morgan fingerprint density at radius 3 is 2.89 bits per heavy atom. The SMILES string of the molecule is Cl.FC1CCCCNC1. The normalized spacial score (nSPS) is 28.3. The summed E-state index contributed by atoms with van der Waals surface area (Å²) in [6.07, 6.45) is 2.36. The van der Waals surface area contributed by atoms with E-state index in [0.717, 1.165) is 25.8 Å². The van der Waals surface area contributed by atoms with Gasteiger partial charge in [0.15, 0.2) is 0 Å². The average molecular weight is 154 g/mol. The van der Waals surface area contributed by atoms with Crippen LogP contribution in [0.25, 0.3) is 0 Å². The molecule has 0 radical (unpaired) electrons. The van der Waals surface area contributed by atoms with Gasteiger partial charge in [0.2, 0.25) is 0 Å². The lowest BCUT2D eigenvalue weighted by Crippen LogP contribution is -2.20. The summed E-state index contributed by atoms with van der Waals surface area (Å²) in [5.41, 5.74) is 0. The summed E-state index contributed by atoms with van der Waals surface area (Å²) in [6, 6.07) is 0. The fourth-order valence-electron chi connectivity index (χ4n) is 0.977. The van der Waals surface area contributed by atoms with Gasteiger partial charge in [0.05, 0.1) is 0 Å². The first-order valence-corrected chi connectivity index (χ1v) is 3.24. The molecule has 1 rings (SSSR count). The molecule has 56 valence electrons. The van der Waals surface area contributed by atoms with Crippen LogP contribution in [0.15, 0.2) is 0 Å². The Labute approximate surface area is 61.4 Å². The number of hydrogen-bond donors (Lipinski definition) is 1. The molecule has 1 saturated heterocycles. The lowest BCUT2D eigenvalue weighted by Gasteiger charge is -1.99. The van der Waals surface area contributed by atoms with Gasteiger partial charge in [-0.3, -0.25) is 0 Å². The van der Waals surface area contributed by atoms with Gasteiger partial charge >= 0.3 is 0 Å². The summed E-state index contributed by atoms with van der Waals surface area (Å²) < 4.78 is 12.4. The van der Waals surface area contributed by atoms with E-state index in [9.17, 15) is 4.39 Å². The predicted molar refractivity (Wildman–Crippen MR) is 38.9 cm³/mol. The molecular weight excluding hydrogens is 141 g/mol. The highest BCUT2D eigenvalue weighted by Crippen LogP contribution is 2.06. The quantitative estimate of drug-likeness (QED) is 0.557. The van der Waals surface area contributed by atoms with Crippen molar-refractivity contribution in [3.8, 4) is 0 Å². The molecule has 0 aromatic carbocycles. The maximum absolute atomic E-state index is 12.4. The van der Waals surface area contributed by atoms with Gasteiger partial charge in [0.1, 0.15) is 6.17 Å². The van der Waals surface area contributed by atoms with Gasteiger partial charge in [0.25, 0.3) is 0 Å². The van der Waals surface area contributed by atoms with E-state index in [1.807, 2.05) is 0 Å². The van der Waals surface area contributed by atoms with Crippen molar-refractivity contribution in [2.45, 2.75) is 25.4 Å². The van der Waals surface area contributed by atoms with E-state index < -0.39 is 6.17 Å². The average Bonchev–Trinajstić information content (AvgIpc) is 1.94. The Balaban J connectivity index is 0.000000640. The molecule has 1 aliphatic rings. The zero-order chi connectivity index (χ0) is 5.82. The maximum Gasteiger partial charge on any atom is 0.112 e. The van der Waals surface area contributed by atoms with E-state index in [0.29, 0.717) is 6.54 Å². The highest BCUT2D eigenvalue weighted by molar-refractivity contribution is 5.85. The first-order valence-electron chi connectivity index (χ1n) is 3.24. The summed E-state index contributed by atoms with van der Waals surface area (Å²) in [4.78, 5) is 0. The molecule has 1 aliphatic heterocycles. The Kier molecular flexibility index (Phi) is 5.10. The zero-order valence-electron chi connectivity index (χ0n) is 5.40. The zero-order valence-corrected chi connectivity index (χ0v) is 6.22. The molecule has 1 heterocycles. The number of hydrogen-bond acceptors (Lipinski definition) is 1. The van der Waals surface area contributed by atoms with E-state index >= 15 is 0 Å². The highest BCUT2D eigenvalue weighted by Gasteiger charge is 2.07. The molecule has 0 aromatic heterocycles. The molecule has 3 heteroatoms. The topological polar surface area (TPSA) is 12.0 Å². The van der Waals surface area contributed by atoms with Crippen molar-refractivity contribution < 1.29 is 4.39 Å². The highest BCUT2D eigenvalue weighted by atomic mass is 35.5. The van der Waals surface area contributed by atoms with Crippen LogP contribution in [0, 0.1) is 0 Å². The predicted octanol–water partition coefficient (Wildman–Crippen LogP) is 1.52. The van der Waals surface area contributed by atoms with Crippen LogP contribution >= 0.6 is 12.4 Å². The van der Waals surface area contributed by atoms with Crippen molar-refractivity contribution >= 4 is 12.4 Å². The van der Waals surface area contributed by atoms with Crippen molar-refractivity contribution in [3.05, 3.63) is 0 Å². The Hall–Kier alpha value is 0.180. The molecule has 1 atom stereocenters. The van der Waals surface area contributed by atoms with E-state index in [1.54, 1.807) is 0 Å². The Bertz CT molecular complexity index is 62.1. The lowest BCUT2D eigenvalue weighted by atomic mass is 10.2. The molecular formula is C6H13ClFN. The lowest BCUT2D eigenvalue weighted by molar-refractivity contribution is 0.314. The first kappa shape index (κ1) is 9.18. The molecule has 0 aliphatic carbocycles. The third-order valence-corrected chi connectivity index (χ3v) is 1.49. The van der Waals surface area contributed by atoms with E-state index in [1.165, 1.54) is 0 Å². The van der Waals surface area contributed by atoms with Crippen molar-refractivity contribution in [3.63, 3.8) is 0 Å². The van der Waals surface area contributed by atoms with Crippen molar-refractivity contribution in [2.24, 2.45) is 0 Å². The first-order chi connectivity index (χ1) is 3.89. The molecule has 0 spiro atoms. The van der Waals surface area contributed by atoms with Crippen molar-refractivity contribution in [1.29, 1.82) is 0 Å². The van der Waals surface area contributed by atoms with Crippen molar-refractivity contribution in [1.82, 2.24) is 5.32 Å². The summed E-state index contributed by atoms with van der Waals surface area (Å²) >= 11 is 0. The minimum absolute atomic E-state index is 0. The molecule has 1 unspecified atom stereocenters. The monoisotopic (exact) mass is 153 g/mol. The van der Waals surface area contributed by atoms with Gasteiger partial charge in [-0.05, 0) is 25.8 Å². The third kappa shape index (κ3) is 3.71. The molecule has 0 bridgehead atoms. The van der Waals surface area contributed by atoms with Crippen LogP contribution < -0.4 is 5.32 Å². The molecule has 1 N–H and O–H groups in total. The van der Waals surface area contributed by atoms with Gasteiger partial charge in [0, 0.05) is 6.54 Å². The number of alkyl halides is 1. The summed E-state index contributed by atoms with van der Waals surface area (Å²) in [7, 11) is 0. The second kappa shape index (κ2) is 5.00. The minimum Gasteiger partial charge on any atom is -0.314 e. The van der Waals surface area contributed by atoms with E-state index in [2.05, 4.69) is 5.32 Å². The summed E-state index contributed by atoms with van der Waals surface area (Å²) in [5, 5.41) is 3.02. The van der Waals surface area contributed by atoms with Gasteiger partial charge in [-0.2, -0.15) is 0 Å². The smallest absolute Gasteiger partial charge is 0.112 e. The second-order valence-electron chi connectivity index (χ2n) is 2.30. The van der Waals surface area contributed by atoms with Crippen LogP contribution in [0.3, 0.4) is 0 Å². The van der Waals surface area contributed by atoms with E-state index in [4.69, 9.17) is 0 Å². The third-order valence-electron chi connectivity index (χ3n) is 1.49. The van der Waals surface area contributed by atoms with Crippen LogP contribution in [0.2, 0.25) is 0 Å². The van der Waals surface area contributed by atoms with Gasteiger partial charge < -0.3 is 5.32 Å². The molecule has 0 amide bonds. The van der Waals surface area contributed by atoms with Gasteiger partial charge in [-0.15, -0.1) is 12.4 Å². The van der Waals surface area contributed by atoms with Crippen molar-refractivity contribution in [2.75, 3.05) is 13.1 Å². The molecule has 9 heavy (non-hydrogen) atoms. The Morgan fingerprint density at radius 1 is 1.33 bits per heavy atom. The largest absolute Gasteiger partial charge is 0.314 e. The minimum atomic E-state index is -0.586. The fraction of sp³-hybridized carbons (Fsp3) is 1.00. The number of rotatable bonds is 0. The molecule has 0 saturated carbocycles. The standard InChI is InChI=1S/C6H12FN.ClH/c7-6-3-1-2-4-8-5-6;/h6,8H,1-5H2;1H. The summed E-state index contributed by atoms with van der Waals surface area (Å²) in [5.74, 6) is 0. The molecule has 1 nitrogen and oxygen atoms in total. The Morgan fingerprint density at radius 2 is 2.11 bits per heavy atom. The maximum atomic E-state index is 12.4. The summed E-state index contributed by atoms with van der Waals surface area (Å²) in [6.45, 7) is 1.57. The van der Waals surface area contributed by atoms with Gasteiger partial charge in [-0.25, -0.2) is 4.39 Å². The second-order valence-corrected chi connectivity index (χ2v) is 2.30. The van der Waals surface area contributed by atoms with Crippen LogP contribution in [-0.2, 0) is 0 Å². The van der Waals surface area contributed by atoms with E-state index in [-0.39, 0.29) is 12.4 Å². The number of halogens is 2. The van der Waals surface area contributed by atoms with Crippen LogP contribution in [0.5, 0.6) is 0 Å². The van der Waals surface area contributed by atoms with Crippen LogP contribution in [0.4, 0.5) is 4.39 Å². The van der Waals surface area contributed by atoms with Gasteiger partial charge in [-0.1, -0.05) is 0 Å². The van der Waals surface area contributed by atoms with Crippen LogP contribution in [-0.4, -0.2) is 19.3 Å². The molecule has 0 aromatic rings. The fourth-order valence-corrected chi connectivity index (χ4v) is 0.977.